The number of thiocarbonyl (C=S) groups is 1. The average Bonchev–Trinajstić information content (AvgIpc) is 2.96. The fourth-order valence-electron chi connectivity index (χ4n) is 1.30. The van der Waals surface area contributed by atoms with Gasteiger partial charge in [0, 0.05) is 11.6 Å². The Morgan fingerprint density at radius 2 is 2.00 bits per heavy atom. The first-order valence-corrected chi connectivity index (χ1v) is 5.04. The predicted octanol–water partition coefficient (Wildman–Crippen LogP) is 2.17. The van der Waals surface area contributed by atoms with Gasteiger partial charge in [0.15, 0.2) is 11.6 Å². The number of hydrogen-bond donors (Lipinski definition) is 2. The Hall–Kier alpha value is -1.23. The normalized spacial score (nSPS) is 15.1. The maximum atomic E-state index is 13.5. The molecular weight excluding hydrogens is 218 g/mol. The minimum absolute atomic E-state index is 0.0520. The van der Waals surface area contributed by atoms with Crippen LogP contribution in [0.1, 0.15) is 18.4 Å². The van der Waals surface area contributed by atoms with Crippen LogP contribution < -0.4 is 11.1 Å². The molecule has 0 radical (unpaired) electrons. The van der Waals surface area contributed by atoms with Crippen molar-refractivity contribution in [2.24, 2.45) is 5.73 Å². The summed E-state index contributed by atoms with van der Waals surface area (Å²) in [6.07, 6.45) is 2.00. The monoisotopic (exact) mass is 228 g/mol. The third-order valence-corrected chi connectivity index (χ3v) is 2.50. The number of anilines is 1. The summed E-state index contributed by atoms with van der Waals surface area (Å²) in [4.78, 5) is -0.135. The zero-order valence-electron chi connectivity index (χ0n) is 7.89. The van der Waals surface area contributed by atoms with Gasteiger partial charge < -0.3 is 11.1 Å². The van der Waals surface area contributed by atoms with Crippen LogP contribution in [0, 0.1) is 11.6 Å². The van der Waals surface area contributed by atoms with Crippen molar-refractivity contribution in [1.82, 2.24) is 0 Å². The van der Waals surface area contributed by atoms with Crippen LogP contribution in [0.3, 0.4) is 0 Å². The summed E-state index contributed by atoms with van der Waals surface area (Å²) in [5, 5.41) is 2.89. The summed E-state index contributed by atoms with van der Waals surface area (Å²) in [5.41, 5.74) is 5.38. The lowest BCUT2D eigenvalue weighted by atomic mass is 10.2. The van der Waals surface area contributed by atoms with Crippen LogP contribution in [0.4, 0.5) is 14.5 Å². The molecule has 2 rings (SSSR count). The van der Waals surface area contributed by atoms with E-state index in [-0.39, 0.29) is 22.3 Å². The van der Waals surface area contributed by atoms with Gasteiger partial charge in [-0.1, -0.05) is 12.2 Å². The SMILES string of the molecule is NC(=S)c1ccc(NC2CC2)c(F)c1F. The minimum Gasteiger partial charge on any atom is -0.389 e. The van der Waals surface area contributed by atoms with Crippen molar-refractivity contribution in [2.45, 2.75) is 18.9 Å². The quantitative estimate of drug-likeness (QED) is 0.779. The Balaban J connectivity index is 2.34. The molecule has 3 N–H and O–H groups in total. The van der Waals surface area contributed by atoms with Gasteiger partial charge in [-0.15, -0.1) is 0 Å². The van der Waals surface area contributed by atoms with Crippen molar-refractivity contribution in [2.75, 3.05) is 5.32 Å². The molecule has 0 atom stereocenters. The molecule has 0 saturated heterocycles. The molecule has 1 aromatic carbocycles. The van der Waals surface area contributed by atoms with Gasteiger partial charge in [0.1, 0.15) is 4.99 Å². The zero-order chi connectivity index (χ0) is 11.0. The van der Waals surface area contributed by atoms with E-state index < -0.39 is 11.6 Å². The minimum atomic E-state index is -0.979. The molecule has 1 aliphatic rings. The molecule has 1 fully saturated rings. The van der Waals surface area contributed by atoms with Crippen LogP contribution in [0.2, 0.25) is 0 Å². The van der Waals surface area contributed by atoms with Crippen LogP contribution >= 0.6 is 12.2 Å². The molecule has 0 unspecified atom stereocenters. The number of nitrogens with two attached hydrogens (primary N) is 1. The molecule has 5 heteroatoms. The van der Waals surface area contributed by atoms with Crippen LogP contribution in [-0.2, 0) is 0 Å². The first-order chi connectivity index (χ1) is 7.09. The Morgan fingerprint density at radius 1 is 1.33 bits per heavy atom. The van der Waals surface area contributed by atoms with Crippen molar-refractivity contribution in [3.8, 4) is 0 Å². The van der Waals surface area contributed by atoms with E-state index in [9.17, 15) is 8.78 Å². The lowest BCUT2D eigenvalue weighted by molar-refractivity contribution is 0.509. The molecule has 0 aromatic heterocycles. The van der Waals surface area contributed by atoms with Crippen molar-refractivity contribution >= 4 is 22.9 Å². The van der Waals surface area contributed by atoms with Gasteiger partial charge in [0.05, 0.1) is 5.69 Å². The Kier molecular flexibility index (Phi) is 2.56. The average molecular weight is 228 g/mol. The van der Waals surface area contributed by atoms with Gasteiger partial charge >= 0.3 is 0 Å². The highest BCUT2D eigenvalue weighted by Gasteiger charge is 2.23. The van der Waals surface area contributed by atoms with Crippen molar-refractivity contribution in [3.05, 3.63) is 29.3 Å². The zero-order valence-corrected chi connectivity index (χ0v) is 8.70. The van der Waals surface area contributed by atoms with E-state index in [1.165, 1.54) is 12.1 Å². The summed E-state index contributed by atoms with van der Waals surface area (Å²) in [6, 6.07) is 3.13. The van der Waals surface area contributed by atoms with E-state index in [0.29, 0.717) is 0 Å². The highest BCUT2D eigenvalue weighted by molar-refractivity contribution is 7.80. The third-order valence-electron chi connectivity index (χ3n) is 2.28. The molecule has 2 nitrogen and oxygen atoms in total. The maximum absolute atomic E-state index is 13.5. The lowest BCUT2D eigenvalue weighted by Gasteiger charge is -2.08. The molecule has 1 saturated carbocycles. The molecule has 0 aliphatic heterocycles. The summed E-state index contributed by atoms with van der Waals surface area (Å²) in [5.74, 6) is -1.89. The van der Waals surface area contributed by atoms with Gasteiger partial charge in [0.25, 0.3) is 0 Å². The highest BCUT2D eigenvalue weighted by atomic mass is 32.1. The van der Waals surface area contributed by atoms with E-state index in [1.807, 2.05) is 0 Å². The van der Waals surface area contributed by atoms with Crippen LogP contribution in [0.25, 0.3) is 0 Å². The maximum Gasteiger partial charge on any atom is 0.182 e. The summed E-state index contributed by atoms with van der Waals surface area (Å²) in [7, 11) is 0. The molecular formula is C10H10F2N2S. The molecule has 1 aliphatic carbocycles. The van der Waals surface area contributed by atoms with E-state index in [4.69, 9.17) is 5.73 Å². The topological polar surface area (TPSA) is 38.0 Å². The van der Waals surface area contributed by atoms with Crippen LogP contribution in [0.15, 0.2) is 12.1 Å². The van der Waals surface area contributed by atoms with Gasteiger partial charge in [-0.25, -0.2) is 8.78 Å². The first-order valence-electron chi connectivity index (χ1n) is 4.64. The lowest BCUT2D eigenvalue weighted by Crippen LogP contribution is -2.14. The molecule has 15 heavy (non-hydrogen) atoms. The second-order valence-electron chi connectivity index (χ2n) is 3.57. The second kappa shape index (κ2) is 3.73. The van der Waals surface area contributed by atoms with E-state index in [0.717, 1.165) is 12.8 Å². The number of rotatable bonds is 3. The predicted molar refractivity (Wildman–Crippen MR) is 58.9 cm³/mol. The number of hydrogen-bond acceptors (Lipinski definition) is 2. The molecule has 0 amide bonds. The Morgan fingerprint density at radius 3 is 2.53 bits per heavy atom. The standard InChI is InChI=1S/C10H10F2N2S/c11-8-6(10(13)15)3-4-7(9(8)12)14-5-1-2-5/h3-5,14H,1-2H2,(H2,13,15). The molecule has 1 aromatic rings. The summed E-state index contributed by atoms with van der Waals surface area (Å²) in [6.45, 7) is 0. The first kappa shape index (κ1) is 10.3. The van der Waals surface area contributed by atoms with Crippen LogP contribution in [-0.4, -0.2) is 11.0 Å². The highest BCUT2D eigenvalue weighted by Crippen LogP contribution is 2.28. The van der Waals surface area contributed by atoms with Gasteiger partial charge in [-0.2, -0.15) is 0 Å². The van der Waals surface area contributed by atoms with E-state index in [2.05, 4.69) is 17.5 Å². The fourth-order valence-corrected chi connectivity index (χ4v) is 1.46. The van der Waals surface area contributed by atoms with Crippen molar-refractivity contribution in [3.63, 3.8) is 0 Å². The smallest absolute Gasteiger partial charge is 0.182 e. The Labute approximate surface area is 91.5 Å². The molecule has 0 spiro atoms. The van der Waals surface area contributed by atoms with Crippen LogP contribution in [0.5, 0.6) is 0 Å². The van der Waals surface area contributed by atoms with Gasteiger partial charge in [-0.3, -0.25) is 0 Å². The van der Waals surface area contributed by atoms with Gasteiger partial charge in [0.2, 0.25) is 0 Å². The third kappa shape index (κ3) is 2.07. The fraction of sp³-hybridized carbons (Fsp3) is 0.300. The van der Waals surface area contributed by atoms with Gasteiger partial charge in [-0.05, 0) is 25.0 Å². The number of halogens is 2. The summed E-state index contributed by atoms with van der Waals surface area (Å²) < 4.78 is 26.9. The largest absolute Gasteiger partial charge is 0.389 e. The number of nitrogens with one attached hydrogen (secondary N) is 1. The molecule has 0 bridgehead atoms. The molecule has 80 valence electrons. The number of benzene rings is 1. The van der Waals surface area contributed by atoms with Crippen molar-refractivity contribution in [1.29, 1.82) is 0 Å². The summed E-state index contributed by atoms with van der Waals surface area (Å²) >= 11 is 4.60. The van der Waals surface area contributed by atoms with E-state index >= 15 is 0 Å². The molecule has 0 heterocycles. The Bertz CT molecular complexity index is 416. The van der Waals surface area contributed by atoms with E-state index in [1.54, 1.807) is 0 Å². The second-order valence-corrected chi connectivity index (χ2v) is 4.01. The van der Waals surface area contributed by atoms with Crippen molar-refractivity contribution < 1.29 is 8.78 Å².